The van der Waals surface area contributed by atoms with Crippen molar-refractivity contribution in [1.29, 1.82) is 0 Å². The Bertz CT molecular complexity index is 511. The number of hydrogen-bond donors (Lipinski definition) is 1. The lowest BCUT2D eigenvalue weighted by Gasteiger charge is -2.06. The van der Waals surface area contributed by atoms with E-state index in [-0.39, 0.29) is 13.2 Å². The SMILES string of the molecule is COC(=O)/C=C/C(=O)OCCOC(=O)Nc1ccccc1. The van der Waals surface area contributed by atoms with Crippen LogP contribution in [0.5, 0.6) is 0 Å². The quantitative estimate of drug-likeness (QED) is 0.370. The number of anilines is 1. The van der Waals surface area contributed by atoms with Crippen molar-refractivity contribution < 1.29 is 28.6 Å². The third kappa shape index (κ3) is 7.36. The van der Waals surface area contributed by atoms with Gasteiger partial charge in [-0.1, -0.05) is 18.2 Å². The fraction of sp³-hybridized carbons (Fsp3) is 0.214. The monoisotopic (exact) mass is 293 g/mol. The van der Waals surface area contributed by atoms with Crippen molar-refractivity contribution in [3.05, 3.63) is 42.5 Å². The Morgan fingerprint density at radius 3 is 2.29 bits per heavy atom. The first kappa shape index (κ1) is 16.2. The summed E-state index contributed by atoms with van der Waals surface area (Å²) < 4.78 is 13.8. The Labute approximate surface area is 121 Å². The summed E-state index contributed by atoms with van der Waals surface area (Å²) in [5.41, 5.74) is 0.598. The topological polar surface area (TPSA) is 90.9 Å². The number of esters is 2. The molecular formula is C14H15NO6. The maximum Gasteiger partial charge on any atom is 0.411 e. The molecule has 112 valence electrons. The molecule has 0 aliphatic heterocycles. The van der Waals surface area contributed by atoms with Gasteiger partial charge in [-0.15, -0.1) is 0 Å². The van der Waals surface area contributed by atoms with Crippen molar-refractivity contribution in [2.75, 3.05) is 25.6 Å². The summed E-state index contributed by atoms with van der Waals surface area (Å²) in [7, 11) is 1.19. The highest BCUT2D eigenvalue weighted by Gasteiger charge is 2.04. The van der Waals surface area contributed by atoms with Gasteiger partial charge in [0.1, 0.15) is 13.2 Å². The molecule has 1 amide bonds. The molecule has 0 aromatic heterocycles. The number of hydrogen-bond acceptors (Lipinski definition) is 6. The number of para-hydroxylation sites is 1. The Morgan fingerprint density at radius 2 is 1.62 bits per heavy atom. The summed E-state index contributed by atoms with van der Waals surface area (Å²) in [6.07, 6.45) is 1.21. The predicted octanol–water partition coefficient (Wildman–Crippen LogP) is 1.51. The Kier molecular flexibility index (Phi) is 7.06. The van der Waals surface area contributed by atoms with E-state index in [0.717, 1.165) is 12.2 Å². The van der Waals surface area contributed by atoms with E-state index in [4.69, 9.17) is 9.47 Å². The Hall–Kier alpha value is -2.83. The summed E-state index contributed by atoms with van der Waals surface area (Å²) in [5, 5.41) is 2.50. The molecule has 0 spiro atoms. The lowest BCUT2D eigenvalue weighted by molar-refractivity contribution is -0.140. The van der Waals surface area contributed by atoms with Crippen LogP contribution in [-0.4, -0.2) is 38.4 Å². The molecule has 0 saturated carbocycles. The molecule has 0 saturated heterocycles. The van der Waals surface area contributed by atoms with E-state index in [9.17, 15) is 14.4 Å². The van der Waals surface area contributed by atoms with E-state index in [1.54, 1.807) is 24.3 Å². The van der Waals surface area contributed by atoms with E-state index < -0.39 is 18.0 Å². The van der Waals surface area contributed by atoms with Crippen LogP contribution in [0.15, 0.2) is 42.5 Å². The molecule has 1 N–H and O–H groups in total. The molecule has 0 aliphatic rings. The molecule has 0 atom stereocenters. The van der Waals surface area contributed by atoms with Crippen molar-refractivity contribution >= 4 is 23.7 Å². The van der Waals surface area contributed by atoms with E-state index in [1.807, 2.05) is 6.07 Å². The minimum atomic E-state index is -0.729. The summed E-state index contributed by atoms with van der Waals surface area (Å²) in [6, 6.07) is 8.77. The summed E-state index contributed by atoms with van der Waals surface area (Å²) in [6.45, 7) is -0.219. The number of benzene rings is 1. The van der Waals surface area contributed by atoms with Crippen LogP contribution in [0.4, 0.5) is 10.5 Å². The van der Waals surface area contributed by atoms with Gasteiger partial charge in [-0.05, 0) is 12.1 Å². The standard InChI is InChI=1S/C14H15NO6/c1-19-12(16)7-8-13(17)20-9-10-21-14(18)15-11-5-3-2-4-6-11/h2-8H,9-10H2,1H3,(H,15,18)/b8-7+. The number of amides is 1. The van der Waals surface area contributed by atoms with Gasteiger partial charge >= 0.3 is 18.0 Å². The molecule has 1 aromatic carbocycles. The number of nitrogens with one attached hydrogen (secondary N) is 1. The van der Waals surface area contributed by atoms with Gasteiger partial charge in [0.05, 0.1) is 7.11 Å². The van der Waals surface area contributed by atoms with Gasteiger partial charge in [-0.25, -0.2) is 14.4 Å². The summed E-state index contributed by atoms with van der Waals surface area (Å²) >= 11 is 0. The highest BCUT2D eigenvalue weighted by atomic mass is 16.6. The molecular weight excluding hydrogens is 278 g/mol. The van der Waals surface area contributed by atoms with Gasteiger partial charge in [0, 0.05) is 17.8 Å². The highest BCUT2D eigenvalue weighted by molar-refractivity contribution is 5.91. The molecule has 21 heavy (non-hydrogen) atoms. The zero-order chi connectivity index (χ0) is 15.5. The van der Waals surface area contributed by atoms with Crippen LogP contribution in [0, 0.1) is 0 Å². The second-order valence-corrected chi connectivity index (χ2v) is 3.65. The van der Waals surface area contributed by atoms with Crippen LogP contribution in [0.25, 0.3) is 0 Å². The summed E-state index contributed by atoms with van der Waals surface area (Å²) in [5.74, 6) is -1.39. The van der Waals surface area contributed by atoms with Gasteiger partial charge in [0.25, 0.3) is 0 Å². The van der Waals surface area contributed by atoms with E-state index in [1.165, 1.54) is 7.11 Å². The predicted molar refractivity (Wildman–Crippen MR) is 73.5 cm³/mol. The van der Waals surface area contributed by atoms with Gasteiger partial charge in [0.15, 0.2) is 0 Å². The molecule has 0 unspecified atom stereocenters. The molecule has 0 radical (unpaired) electrons. The van der Waals surface area contributed by atoms with Crippen molar-refractivity contribution in [1.82, 2.24) is 0 Å². The first-order valence-electron chi connectivity index (χ1n) is 6.03. The fourth-order valence-electron chi connectivity index (χ4n) is 1.20. The van der Waals surface area contributed by atoms with E-state index >= 15 is 0 Å². The molecule has 0 aliphatic carbocycles. The highest BCUT2D eigenvalue weighted by Crippen LogP contribution is 2.04. The van der Waals surface area contributed by atoms with Crippen LogP contribution in [-0.2, 0) is 23.8 Å². The third-order valence-corrected chi connectivity index (χ3v) is 2.14. The van der Waals surface area contributed by atoms with Crippen molar-refractivity contribution in [3.8, 4) is 0 Å². The van der Waals surface area contributed by atoms with Gasteiger partial charge in [-0.2, -0.15) is 0 Å². The first-order chi connectivity index (χ1) is 10.1. The first-order valence-corrected chi connectivity index (χ1v) is 6.03. The van der Waals surface area contributed by atoms with Crippen molar-refractivity contribution in [2.24, 2.45) is 0 Å². The molecule has 7 heteroatoms. The number of methoxy groups -OCH3 is 1. The Morgan fingerprint density at radius 1 is 1.00 bits per heavy atom. The van der Waals surface area contributed by atoms with Gasteiger partial charge in [-0.3, -0.25) is 5.32 Å². The minimum absolute atomic E-state index is 0.101. The van der Waals surface area contributed by atoms with Gasteiger partial charge < -0.3 is 14.2 Å². The molecule has 0 bridgehead atoms. The minimum Gasteiger partial charge on any atom is -0.466 e. The Balaban J connectivity index is 2.16. The van der Waals surface area contributed by atoms with Crippen LogP contribution >= 0.6 is 0 Å². The fourth-order valence-corrected chi connectivity index (χ4v) is 1.20. The third-order valence-electron chi connectivity index (χ3n) is 2.14. The largest absolute Gasteiger partial charge is 0.466 e. The van der Waals surface area contributed by atoms with Gasteiger partial charge in [0.2, 0.25) is 0 Å². The second-order valence-electron chi connectivity index (χ2n) is 3.65. The van der Waals surface area contributed by atoms with E-state index in [0.29, 0.717) is 5.69 Å². The molecule has 0 fully saturated rings. The molecule has 1 aromatic rings. The van der Waals surface area contributed by atoms with Crippen LogP contribution in [0.1, 0.15) is 0 Å². The molecule has 7 nitrogen and oxygen atoms in total. The number of ether oxygens (including phenoxy) is 3. The zero-order valence-electron chi connectivity index (χ0n) is 11.4. The molecule has 1 rings (SSSR count). The maximum atomic E-state index is 11.4. The molecule has 0 heterocycles. The van der Waals surface area contributed by atoms with E-state index in [2.05, 4.69) is 10.1 Å². The zero-order valence-corrected chi connectivity index (χ0v) is 11.4. The lowest BCUT2D eigenvalue weighted by Crippen LogP contribution is -2.17. The lowest BCUT2D eigenvalue weighted by atomic mass is 10.3. The summed E-state index contributed by atoms with van der Waals surface area (Å²) in [4.78, 5) is 33.2. The maximum absolute atomic E-state index is 11.4. The van der Waals surface area contributed by atoms with Crippen LogP contribution in [0.2, 0.25) is 0 Å². The number of carbonyl (C=O) groups is 3. The number of rotatable bonds is 6. The second kappa shape index (κ2) is 9.13. The number of carbonyl (C=O) groups excluding carboxylic acids is 3. The van der Waals surface area contributed by atoms with Crippen molar-refractivity contribution in [3.63, 3.8) is 0 Å². The van der Waals surface area contributed by atoms with Crippen molar-refractivity contribution in [2.45, 2.75) is 0 Å². The smallest absolute Gasteiger partial charge is 0.411 e. The van der Waals surface area contributed by atoms with Crippen LogP contribution in [0.3, 0.4) is 0 Å². The normalized spacial score (nSPS) is 9.95. The van der Waals surface area contributed by atoms with Crippen LogP contribution < -0.4 is 5.32 Å². The average molecular weight is 293 g/mol. The average Bonchev–Trinajstić information content (AvgIpc) is 2.50.